The van der Waals surface area contributed by atoms with Crippen LogP contribution in [0.15, 0.2) is 60.9 Å². The molecule has 0 spiro atoms. The molecule has 0 bridgehead atoms. The first-order valence-corrected chi connectivity index (χ1v) is 15.0. The lowest BCUT2D eigenvalue weighted by atomic mass is 9.95. The van der Waals surface area contributed by atoms with Crippen molar-refractivity contribution in [3.05, 3.63) is 89.0 Å². The van der Waals surface area contributed by atoms with Crippen LogP contribution in [0.2, 0.25) is 0 Å². The zero-order chi connectivity index (χ0) is 29.8. The SMILES string of the molecule is Cc1nc2nn(C)cc2cc1-n1nc(-c2cccc3nn(CCc4ccc(C(=O)NC5CC5)cc4)cc23)c(C(C)C)c1C. The molecule has 9 heteroatoms. The average Bonchev–Trinajstić information content (AvgIpc) is 3.41. The molecule has 4 aromatic heterocycles. The maximum atomic E-state index is 12.3. The summed E-state index contributed by atoms with van der Waals surface area (Å²) >= 11 is 0. The number of aromatic nitrogens is 7. The van der Waals surface area contributed by atoms with Gasteiger partial charge in [0, 0.05) is 65.2 Å². The van der Waals surface area contributed by atoms with E-state index in [0.717, 1.165) is 76.1 Å². The first-order valence-electron chi connectivity index (χ1n) is 15.0. The Morgan fingerprint density at radius 2 is 1.81 bits per heavy atom. The van der Waals surface area contributed by atoms with Crippen molar-refractivity contribution >= 4 is 27.8 Å². The molecule has 1 fully saturated rings. The molecule has 1 aliphatic carbocycles. The average molecular weight is 573 g/mol. The van der Waals surface area contributed by atoms with Crippen LogP contribution in [0.3, 0.4) is 0 Å². The number of nitrogens with zero attached hydrogens (tertiary/aromatic N) is 7. The Balaban J connectivity index is 1.20. The van der Waals surface area contributed by atoms with Crippen LogP contribution >= 0.6 is 0 Å². The minimum Gasteiger partial charge on any atom is -0.349 e. The number of carbonyl (C=O) groups excluding carboxylic acids is 1. The van der Waals surface area contributed by atoms with Gasteiger partial charge in [0.25, 0.3) is 5.91 Å². The van der Waals surface area contributed by atoms with Gasteiger partial charge in [0.2, 0.25) is 0 Å². The molecular formula is C34H36N8O. The molecule has 1 amide bonds. The second-order valence-electron chi connectivity index (χ2n) is 12.0. The molecule has 43 heavy (non-hydrogen) atoms. The number of aryl methyl sites for hydroxylation is 4. The van der Waals surface area contributed by atoms with E-state index in [1.807, 2.05) is 53.8 Å². The Morgan fingerprint density at radius 3 is 2.56 bits per heavy atom. The summed E-state index contributed by atoms with van der Waals surface area (Å²) in [5.74, 6) is 0.293. The third-order valence-corrected chi connectivity index (χ3v) is 8.35. The number of nitrogens with one attached hydrogen (secondary N) is 1. The number of pyridine rings is 1. The fraction of sp³-hybridized carbons (Fsp3) is 0.324. The molecular weight excluding hydrogens is 536 g/mol. The summed E-state index contributed by atoms with van der Waals surface area (Å²) in [6, 6.07) is 16.7. The van der Waals surface area contributed by atoms with Crippen LogP contribution in [-0.2, 0) is 20.0 Å². The molecule has 0 aliphatic heterocycles. The highest BCUT2D eigenvalue weighted by atomic mass is 16.1. The fourth-order valence-electron chi connectivity index (χ4n) is 5.98. The van der Waals surface area contributed by atoms with Crippen molar-refractivity contribution in [2.45, 2.75) is 65.5 Å². The summed E-state index contributed by atoms with van der Waals surface area (Å²) in [6.45, 7) is 9.33. The lowest BCUT2D eigenvalue weighted by molar-refractivity contribution is 0.0951. The number of benzene rings is 2. The molecule has 6 aromatic rings. The number of rotatable bonds is 8. The van der Waals surface area contributed by atoms with Crippen LogP contribution in [0.5, 0.6) is 0 Å². The third kappa shape index (κ3) is 5.09. The highest BCUT2D eigenvalue weighted by Gasteiger charge is 2.24. The lowest BCUT2D eigenvalue weighted by Crippen LogP contribution is -2.25. The zero-order valence-corrected chi connectivity index (χ0v) is 25.3. The molecule has 9 nitrogen and oxygen atoms in total. The third-order valence-electron chi connectivity index (χ3n) is 8.35. The number of amides is 1. The van der Waals surface area contributed by atoms with E-state index in [1.165, 1.54) is 11.1 Å². The van der Waals surface area contributed by atoms with E-state index in [-0.39, 0.29) is 11.8 Å². The van der Waals surface area contributed by atoms with Crippen molar-refractivity contribution in [2.24, 2.45) is 7.05 Å². The normalized spacial score (nSPS) is 13.4. The molecule has 0 atom stereocenters. The Labute approximate surface area is 250 Å². The number of hydrogen-bond acceptors (Lipinski definition) is 5. The molecule has 0 unspecified atom stereocenters. The van der Waals surface area contributed by atoms with Crippen molar-refractivity contribution in [1.29, 1.82) is 0 Å². The number of hydrogen-bond donors (Lipinski definition) is 1. The number of carbonyl (C=O) groups is 1. The molecule has 218 valence electrons. The lowest BCUT2D eigenvalue weighted by Gasteiger charge is -2.10. The maximum Gasteiger partial charge on any atom is 0.251 e. The van der Waals surface area contributed by atoms with Gasteiger partial charge in [0.05, 0.1) is 22.6 Å². The van der Waals surface area contributed by atoms with E-state index in [0.29, 0.717) is 11.6 Å². The minimum absolute atomic E-state index is 0.0161. The van der Waals surface area contributed by atoms with Crippen LogP contribution in [0, 0.1) is 13.8 Å². The summed E-state index contributed by atoms with van der Waals surface area (Å²) in [6.07, 6.45) is 7.12. The predicted octanol–water partition coefficient (Wildman–Crippen LogP) is 6.05. The molecule has 0 radical (unpaired) electrons. The van der Waals surface area contributed by atoms with E-state index in [4.69, 9.17) is 15.2 Å². The van der Waals surface area contributed by atoms with Gasteiger partial charge in [-0.05, 0) is 68.9 Å². The highest BCUT2D eigenvalue weighted by Crippen LogP contribution is 2.36. The van der Waals surface area contributed by atoms with Gasteiger partial charge in [-0.25, -0.2) is 9.67 Å². The molecule has 7 rings (SSSR count). The van der Waals surface area contributed by atoms with E-state index in [9.17, 15) is 4.79 Å². The van der Waals surface area contributed by atoms with Crippen LogP contribution < -0.4 is 5.32 Å². The summed E-state index contributed by atoms with van der Waals surface area (Å²) in [5.41, 5.74) is 9.81. The second kappa shape index (κ2) is 10.5. The van der Waals surface area contributed by atoms with E-state index >= 15 is 0 Å². The number of fused-ring (bicyclic) bond motifs is 2. The Bertz CT molecular complexity index is 1990. The van der Waals surface area contributed by atoms with Gasteiger partial charge in [-0.15, -0.1) is 0 Å². The smallest absolute Gasteiger partial charge is 0.251 e. The standard InChI is InChI=1S/C34H36N8O/c1-20(2)31-22(4)42(30-17-25-18-40(5)39-33(25)35-21(30)3)38-32(31)27-7-6-8-29-28(27)19-41(37-29)16-15-23-9-11-24(12-10-23)34(43)36-26-13-14-26/h6-12,17-20,26H,13-16H2,1-5H3,(H,36,43). The van der Waals surface area contributed by atoms with Gasteiger partial charge in [0.15, 0.2) is 5.65 Å². The van der Waals surface area contributed by atoms with Gasteiger partial charge in [-0.2, -0.15) is 15.3 Å². The van der Waals surface area contributed by atoms with Crippen molar-refractivity contribution in [1.82, 2.24) is 39.6 Å². The van der Waals surface area contributed by atoms with Crippen LogP contribution in [-0.4, -0.2) is 46.3 Å². The van der Waals surface area contributed by atoms with Gasteiger partial charge in [-0.3, -0.25) is 14.2 Å². The van der Waals surface area contributed by atoms with Crippen molar-refractivity contribution in [2.75, 3.05) is 0 Å². The Morgan fingerprint density at radius 1 is 1.02 bits per heavy atom. The minimum atomic E-state index is 0.0161. The zero-order valence-electron chi connectivity index (χ0n) is 25.3. The van der Waals surface area contributed by atoms with Gasteiger partial charge >= 0.3 is 0 Å². The van der Waals surface area contributed by atoms with E-state index < -0.39 is 0 Å². The Kier molecular flexibility index (Phi) is 6.60. The topological polar surface area (TPSA) is 95.4 Å². The van der Waals surface area contributed by atoms with Crippen LogP contribution in [0.4, 0.5) is 0 Å². The van der Waals surface area contributed by atoms with Crippen molar-refractivity contribution in [3.63, 3.8) is 0 Å². The first-order chi connectivity index (χ1) is 20.7. The molecule has 4 heterocycles. The first kappa shape index (κ1) is 27.1. The monoisotopic (exact) mass is 572 g/mol. The van der Waals surface area contributed by atoms with Crippen molar-refractivity contribution in [3.8, 4) is 16.9 Å². The molecule has 1 N–H and O–H groups in total. The largest absolute Gasteiger partial charge is 0.349 e. The van der Waals surface area contributed by atoms with E-state index in [2.05, 4.69) is 61.6 Å². The van der Waals surface area contributed by atoms with Crippen LogP contribution in [0.1, 0.15) is 65.5 Å². The molecule has 1 saturated carbocycles. The quantitative estimate of drug-likeness (QED) is 0.240. The van der Waals surface area contributed by atoms with Crippen LogP contribution in [0.25, 0.3) is 38.9 Å². The molecule has 1 aliphatic rings. The van der Waals surface area contributed by atoms with Gasteiger partial charge in [0.1, 0.15) is 0 Å². The van der Waals surface area contributed by atoms with E-state index in [1.54, 1.807) is 4.68 Å². The summed E-state index contributed by atoms with van der Waals surface area (Å²) in [7, 11) is 1.91. The molecule has 2 aromatic carbocycles. The summed E-state index contributed by atoms with van der Waals surface area (Å²) in [4.78, 5) is 17.1. The predicted molar refractivity (Wildman–Crippen MR) is 169 cm³/mol. The highest BCUT2D eigenvalue weighted by molar-refractivity contribution is 5.95. The summed E-state index contributed by atoms with van der Waals surface area (Å²) in [5, 5.41) is 19.7. The molecule has 0 saturated heterocycles. The van der Waals surface area contributed by atoms with Gasteiger partial charge in [-0.1, -0.05) is 38.1 Å². The van der Waals surface area contributed by atoms with Gasteiger partial charge < -0.3 is 5.32 Å². The fourth-order valence-corrected chi connectivity index (χ4v) is 5.98. The second-order valence-corrected chi connectivity index (χ2v) is 12.0. The van der Waals surface area contributed by atoms with Crippen molar-refractivity contribution < 1.29 is 4.79 Å². The summed E-state index contributed by atoms with van der Waals surface area (Å²) < 4.78 is 5.85. The Hall–Kier alpha value is -4.79. The maximum absolute atomic E-state index is 12.3.